The summed E-state index contributed by atoms with van der Waals surface area (Å²) < 4.78 is 78.0. The molecule has 12 heteroatoms. The van der Waals surface area contributed by atoms with E-state index in [4.69, 9.17) is 19.0 Å². The highest BCUT2D eigenvalue weighted by molar-refractivity contribution is 7.89. The Morgan fingerprint density at radius 2 is 1.84 bits per heavy atom. The lowest BCUT2D eigenvalue weighted by Crippen LogP contribution is -2.34. The zero-order valence-electron chi connectivity index (χ0n) is 20.2. The lowest BCUT2D eigenvalue weighted by atomic mass is 9.96. The number of methoxy groups -OCH3 is 1. The molecule has 1 aliphatic heterocycles. The first-order chi connectivity index (χ1) is 17.5. The van der Waals surface area contributed by atoms with Gasteiger partial charge < -0.3 is 18.8 Å². The quantitative estimate of drug-likeness (QED) is 0.431. The second-order valence-electron chi connectivity index (χ2n) is 8.85. The number of hydrogen-bond acceptors (Lipinski definition) is 7. The fourth-order valence-corrected chi connectivity index (χ4v) is 5.05. The Morgan fingerprint density at radius 3 is 2.46 bits per heavy atom. The van der Waals surface area contributed by atoms with Gasteiger partial charge >= 0.3 is 6.18 Å². The standard InChI is InChI=1S/C25H28F3N3O5S/c1-34-20-8-7-17(15-21(20)37(29,32)33)9-12-31-13-10-19(11-14-31)23-30-24(35-16-25(26,27)28)22(36-23)18-5-3-2-4-6-18/h2-8,15,19H,9-14,16H2,1H3,(H2,29,32,33). The van der Waals surface area contributed by atoms with E-state index in [2.05, 4.69) is 9.88 Å². The minimum Gasteiger partial charge on any atom is -0.495 e. The summed E-state index contributed by atoms with van der Waals surface area (Å²) in [5.74, 6) is 0.533. The summed E-state index contributed by atoms with van der Waals surface area (Å²) in [7, 11) is -2.53. The van der Waals surface area contributed by atoms with Gasteiger partial charge in [-0.3, -0.25) is 0 Å². The fraction of sp³-hybridized carbons (Fsp3) is 0.400. The third-order valence-electron chi connectivity index (χ3n) is 6.21. The van der Waals surface area contributed by atoms with E-state index >= 15 is 0 Å². The molecule has 0 bridgehead atoms. The summed E-state index contributed by atoms with van der Waals surface area (Å²) in [5, 5.41) is 5.30. The number of hydrogen-bond donors (Lipinski definition) is 1. The number of halogens is 3. The zero-order chi connectivity index (χ0) is 26.6. The summed E-state index contributed by atoms with van der Waals surface area (Å²) in [4.78, 5) is 6.48. The molecule has 2 N–H and O–H groups in total. The van der Waals surface area contributed by atoms with E-state index in [1.165, 1.54) is 13.2 Å². The van der Waals surface area contributed by atoms with Gasteiger partial charge in [0.2, 0.25) is 15.9 Å². The number of aromatic nitrogens is 1. The molecule has 1 fully saturated rings. The monoisotopic (exact) mass is 539 g/mol. The van der Waals surface area contributed by atoms with E-state index in [1.54, 1.807) is 42.5 Å². The first-order valence-corrected chi connectivity index (χ1v) is 13.3. The number of sulfonamides is 1. The van der Waals surface area contributed by atoms with Crippen molar-refractivity contribution in [3.8, 4) is 23.0 Å². The maximum atomic E-state index is 12.8. The number of ether oxygens (including phenoxy) is 2. The van der Waals surface area contributed by atoms with Gasteiger partial charge in [-0.25, -0.2) is 13.6 Å². The lowest BCUT2D eigenvalue weighted by Gasteiger charge is -2.30. The van der Waals surface area contributed by atoms with Crippen LogP contribution in [0.5, 0.6) is 11.6 Å². The average Bonchev–Trinajstić information content (AvgIpc) is 3.30. The van der Waals surface area contributed by atoms with Crippen LogP contribution in [0.4, 0.5) is 13.2 Å². The summed E-state index contributed by atoms with van der Waals surface area (Å²) in [5.41, 5.74) is 1.41. The van der Waals surface area contributed by atoms with Crippen molar-refractivity contribution in [1.29, 1.82) is 0 Å². The fourth-order valence-electron chi connectivity index (χ4n) is 4.31. The molecule has 0 atom stereocenters. The molecule has 0 saturated carbocycles. The average molecular weight is 540 g/mol. The van der Waals surface area contributed by atoms with Gasteiger partial charge in [0.15, 0.2) is 12.4 Å². The van der Waals surface area contributed by atoms with Crippen molar-refractivity contribution in [2.24, 2.45) is 5.14 Å². The maximum Gasteiger partial charge on any atom is 0.422 e. The normalized spacial score (nSPS) is 15.6. The van der Waals surface area contributed by atoms with Crippen molar-refractivity contribution in [1.82, 2.24) is 9.88 Å². The highest BCUT2D eigenvalue weighted by Crippen LogP contribution is 2.37. The van der Waals surface area contributed by atoms with Gasteiger partial charge in [-0.15, -0.1) is 0 Å². The van der Waals surface area contributed by atoms with E-state index < -0.39 is 22.8 Å². The molecule has 0 amide bonds. The molecule has 3 aromatic rings. The van der Waals surface area contributed by atoms with Crippen molar-refractivity contribution in [3.63, 3.8) is 0 Å². The minimum atomic E-state index is -4.49. The van der Waals surface area contributed by atoms with Gasteiger partial charge in [-0.05, 0) is 50.0 Å². The second kappa shape index (κ2) is 11.1. The third-order valence-corrected chi connectivity index (χ3v) is 7.14. The number of likely N-dealkylation sites (tertiary alicyclic amines) is 1. The molecule has 37 heavy (non-hydrogen) atoms. The molecule has 1 saturated heterocycles. The van der Waals surface area contributed by atoms with E-state index in [1.807, 2.05) is 0 Å². The molecule has 0 aliphatic carbocycles. The second-order valence-corrected chi connectivity index (χ2v) is 10.4. The van der Waals surface area contributed by atoms with Crippen LogP contribution in [-0.2, 0) is 16.4 Å². The first-order valence-electron chi connectivity index (χ1n) is 11.7. The van der Waals surface area contributed by atoms with Gasteiger partial charge in [0.05, 0.1) is 7.11 Å². The third kappa shape index (κ3) is 7.02. The highest BCUT2D eigenvalue weighted by atomic mass is 32.2. The summed E-state index contributed by atoms with van der Waals surface area (Å²) in [6.07, 6.45) is -2.46. The highest BCUT2D eigenvalue weighted by Gasteiger charge is 2.32. The molecular formula is C25H28F3N3O5S. The predicted octanol–water partition coefficient (Wildman–Crippen LogP) is 4.36. The lowest BCUT2D eigenvalue weighted by molar-refractivity contribution is -0.154. The Bertz CT molecular complexity index is 1300. The Balaban J connectivity index is 1.40. The maximum absolute atomic E-state index is 12.8. The van der Waals surface area contributed by atoms with Crippen LogP contribution < -0.4 is 14.6 Å². The van der Waals surface area contributed by atoms with Crippen LogP contribution >= 0.6 is 0 Å². The molecule has 1 aliphatic rings. The molecule has 200 valence electrons. The Kier molecular flexibility index (Phi) is 8.10. The van der Waals surface area contributed by atoms with Crippen LogP contribution in [0.25, 0.3) is 11.3 Å². The molecule has 4 rings (SSSR count). The molecule has 2 heterocycles. The van der Waals surface area contributed by atoms with Crippen LogP contribution in [0, 0.1) is 0 Å². The summed E-state index contributed by atoms with van der Waals surface area (Å²) >= 11 is 0. The smallest absolute Gasteiger partial charge is 0.422 e. The van der Waals surface area contributed by atoms with Crippen LogP contribution in [0.2, 0.25) is 0 Å². The number of benzene rings is 2. The topological polar surface area (TPSA) is 108 Å². The van der Waals surface area contributed by atoms with Crippen molar-refractivity contribution in [3.05, 3.63) is 60.0 Å². The van der Waals surface area contributed by atoms with Crippen molar-refractivity contribution in [2.45, 2.75) is 36.3 Å². The van der Waals surface area contributed by atoms with Gasteiger partial charge in [0, 0.05) is 18.0 Å². The molecule has 1 aromatic heterocycles. The number of nitrogens with two attached hydrogens (primary N) is 1. The van der Waals surface area contributed by atoms with E-state index in [0.29, 0.717) is 37.3 Å². The van der Waals surface area contributed by atoms with Crippen molar-refractivity contribution in [2.75, 3.05) is 33.4 Å². The van der Waals surface area contributed by atoms with E-state index in [9.17, 15) is 21.6 Å². The Morgan fingerprint density at radius 1 is 1.14 bits per heavy atom. The van der Waals surface area contributed by atoms with Crippen LogP contribution in [0.3, 0.4) is 0 Å². The Labute approximate surface area is 213 Å². The molecule has 8 nitrogen and oxygen atoms in total. The van der Waals surface area contributed by atoms with Crippen LogP contribution in [0.15, 0.2) is 57.8 Å². The van der Waals surface area contributed by atoms with Gasteiger partial charge in [0.25, 0.3) is 5.88 Å². The van der Waals surface area contributed by atoms with E-state index in [-0.39, 0.29) is 28.2 Å². The number of primary sulfonamides is 1. The van der Waals surface area contributed by atoms with E-state index in [0.717, 1.165) is 18.7 Å². The van der Waals surface area contributed by atoms with Crippen LogP contribution in [-0.4, -0.2) is 57.8 Å². The molecule has 0 radical (unpaired) electrons. The predicted molar refractivity (Wildman–Crippen MR) is 130 cm³/mol. The SMILES string of the molecule is COc1ccc(CCN2CCC(c3nc(OCC(F)(F)F)c(-c4ccccc4)o3)CC2)cc1S(N)(=O)=O. The van der Waals surface area contributed by atoms with Crippen molar-refractivity contribution >= 4 is 10.0 Å². The van der Waals surface area contributed by atoms with Gasteiger partial charge in [-0.2, -0.15) is 18.2 Å². The number of piperidine rings is 1. The summed E-state index contributed by atoms with van der Waals surface area (Å²) in [6.45, 7) is 0.703. The number of rotatable bonds is 9. The first kappa shape index (κ1) is 27.0. The Hall–Kier alpha value is -3.09. The molecule has 2 aromatic carbocycles. The molecular weight excluding hydrogens is 511 g/mol. The number of oxazole rings is 1. The van der Waals surface area contributed by atoms with Gasteiger partial charge in [-0.1, -0.05) is 36.4 Å². The van der Waals surface area contributed by atoms with Gasteiger partial charge in [0.1, 0.15) is 10.6 Å². The minimum absolute atomic E-state index is 0.0483. The van der Waals surface area contributed by atoms with Crippen molar-refractivity contribution < 1.29 is 35.5 Å². The summed E-state index contributed by atoms with van der Waals surface area (Å²) in [6, 6.07) is 13.7. The largest absolute Gasteiger partial charge is 0.495 e. The molecule has 0 spiro atoms. The van der Waals surface area contributed by atoms with Crippen LogP contribution in [0.1, 0.15) is 30.2 Å². The number of nitrogens with zero attached hydrogens (tertiary/aromatic N) is 2. The zero-order valence-corrected chi connectivity index (χ0v) is 21.0. The molecule has 0 unspecified atom stereocenters. The number of alkyl halides is 3.